The molecule has 0 fully saturated rings. The van der Waals surface area contributed by atoms with Gasteiger partial charge in [-0.05, 0) is 50.1 Å². The molecule has 0 aliphatic carbocycles. The molecule has 0 heterocycles. The van der Waals surface area contributed by atoms with Gasteiger partial charge in [-0.25, -0.2) is 4.79 Å². The summed E-state index contributed by atoms with van der Waals surface area (Å²) < 4.78 is 5.08. The number of hydrogen-bond acceptors (Lipinski definition) is 4. The lowest BCUT2D eigenvalue weighted by atomic mass is 10.1. The van der Waals surface area contributed by atoms with E-state index in [1.54, 1.807) is 18.2 Å². The number of anilines is 2. The Morgan fingerprint density at radius 3 is 2.39 bits per heavy atom. The Balaban J connectivity index is 2.29. The molecule has 2 aromatic carbocycles. The minimum Gasteiger partial charge on any atom is -0.449 e. The number of esters is 1. The summed E-state index contributed by atoms with van der Waals surface area (Å²) in [4.78, 5) is 23.3. The van der Waals surface area contributed by atoms with Crippen molar-refractivity contribution in [3.8, 4) is 0 Å². The van der Waals surface area contributed by atoms with E-state index in [9.17, 15) is 9.59 Å². The van der Waals surface area contributed by atoms with Gasteiger partial charge < -0.3 is 15.8 Å². The molecule has 0 saturated heterocycles. The average molecular weight is 312 g/mol. The first-order valence-corrected chi connectivity index (χ1v) is 7.32. The number of ether oxygens (including phenoxy) is 1. The molecule has 5 heteroatoms. The van der Waals surface area contributed by atoms with Crippen molar-refractivity contribution >= 4 is 23.3 Å². The molecule has 2 rings (SSSR count). The van der Waals surface area contributed by atoms with Gasteiger partial charge in [0.25, 0.3) is 5.91 Å². The van der Waals surface area contributed by atoms with Gasteiger partial charge in [0.15, 0.2) is 6.10 Å². The molecule has 0 radical (unpaired) electrons. The number of para-hydroxylation sites is 1. The molecule has 2 aromatic rings. The zero-order valence-corrected chi connectivity index (χ0v) is 13.4. The lowest BCUT2D eigenvalue weighted by Crippen LogP contribution is -2.30. The monoisotopic (exact) mass is 312 g/mol. The Morgan fingerprint density at radius 2 is 1.70 bits per heavy atom. The van der Waals surface area contributed by atoms with Crippen molar-refractivity contribution in [3.63, 3.8) is 0 Å². The smallest absolute Gasteiger partial charge is 0.341 e. The van der Waals surface area contributed by atoms with Crippen LogP contribution in [0.5, 0.6) is 0 Å². The summed E-state index contributed by atoms with van der Waals surface area (Å²) in [7, 11) is 0. The SMILES string of the molecule is Cc1cccc(Nc2ccccc2C(=O)O[C@H](C)C(N)=O)c1C. The van der Waals surface area contributed by atoms with Crippen molar-refractivity contribution in [1.82, 2.24) is 0 Å². The van der Waals surface area contributed by atoms with Gasteiger partial charge in [-0.1, -0.05) is 24.3 Å². The van der Waals surface area contributed by atoms with E-state index in [1.165, 1.54) is 6.92 Å². The second-order valence-electron chi connectivity index (χ2n) is 5.37. The van der Waals surface area contributed by atoms with Crippen molar-refractivity contribution in [3.05, 3.63) is 59.2 Å². The van der Waals surface area contributed by atoms with E-state index in [1.807, 2.05) is 38.1 Å². The molecule has 120 valence electrons. The minimum atomic E-state index is -0.976. The van der Waals surface area contributed by atoms with E-state index < -0.39 is 18.0 Å². The van der Waals surface area contributed by atoms with E-state index in [0.29, 0.717) is 11.3 Å². The Kier molecular flexibility index (Phi) is 5.01. The zero-order chi connectivity index (χ0) is 17.0. The molecule has 5 nitrogen and oxygen atoms in total. The summed E-state index contributed by atoms with van der Waals surface area (Å²) in [5, 5.41) is 3.25. The number of nitrogens with two attached hydrogens (primary N) is 1. The molecule has 0 spiro atoms. The van der Waals surface area contributed by atoms with Crippen LogP contribution in [-0.4, -0.2) is 18.0 Å². The molecular formula is C18H20N2O3. The Bertz CT molecular complexity index is 741. The number of aryl methyl sites for hydroxylation is 1. The second kappa shape index (κ2) is 6.96. The highest BCUT2D eigenvalue weighted by Gasteiger charge is 2.19. The molecular weight excluding hydrogens is 292 g/mol. The number of rotatable bonds is 5. The lowest BCUT2D eigenvalue weighted by Gasteiger charge is -2.15. The summed E-state index contributed by atoms with van der Waals surface area (Å²) in [6.45, 7) is 5.48. The molecule has 0 bridgehead atoms. The van der Waals surface area contributed by atoms with Crippen LogP contribution in [-0.2, 0) is 9.53 Å². The third-order valence-electron chi connectivity index (χ3n) is 3.71. The second-order valence-corrected chi connectivity index (χ2v) is 5.37. The molecule has 23 heavy (non-hydrogen) atoms. The van der Waals surface area contributed by atoms with E-state index in [4.69, 9.17) is 10.5 Å². The summed E-state index contributed by atoms with van der Waals surface area (Å²) >= 11 is 0. The van der Waals surface area contributed by atoms with Gasteiger partial charge in [-0.15, -0.1) is 0 Å². The summed E-state index contributed by atoms with van der Waals surface area (Å²) in [5.41, 5.74) is 9.25. The van der Waals surface area contributed by atoms with Gasteiger partial charge in [0.2, 0.25) is 0 Å². The summed E-state index contributed by atoms with van der Waals surface area (Å²) in [5.74, 6) is -1.27. The van der Waals surface area contributed by atoms with Crippen LogP contribution in [0.1, 0.15) is 28.4 Å². The maximum atomic E-state index is 12.3. The molecule has 0 aliphatic rings. The number of carbonyl (C=O) groups is 2. The van der Waals surface area contributed by atoms with Crippen molar-refractivity contribution in [2.24, 2.45) is 5.73 Å². The fourth-order valence-electron chi connectivity index (χ4n) is 2.08. The lowest BCUT2D eigenvalue weighted by molar-refractivity contribution is -0.125. The van der Waals surface area contributed by atoms with Crippen LogP contribution in [0, 0.1) is 13.8 Å². The third-order valence-corrected chi connectivity index (χ3v) is 3.71. The number of amides is 1. The fourth-order valence-corrected chi connectivity index (χ4v) is 2.08. The Morgan fingerprint density at radius 1 is 1.04 bits per heavy atom. The van der Waals surface area contributed by atoms with Crippen LogP contribution in [0.3, 0.4) is 0 Å². The number of benzene rings is 2. The number of nitrogens with one attached hydrogen (secondary N) is 1. The van der Waals surface area contributed by atoms with Crippen LogP contribution in [0.25, 0.3) is 0 Å². The predicted octanol–water partition coefficient (Wildman–Crippen LogP) is 3.08. The summed E-state index contributed by atoms with van der Waals surface area (Å²) in [6.07, 6.45) is -0.976. The van der Waals surface area contributed by atoms with Crippen LogP contribution >= 0.6 is 0 Å². The van der Waals surface area contributed by atoms with Gasteiger partial charge in [0.1, 0.15) is 0 Å². The zero-order valence-electron chi connectivity index (χ0n) is 13.4. The summed E-state index contributed by atoms with van der Waals surface area (Å²) in [6, 6.07) is 12.9. The van der Waals surface area contributed by atoms with Crippen LogP contribution in [0.15, 0.2) is 42.5 Å². The van der Waals surface area contributed by atoms with Gasteiger partial charge in [0.05, 0.1) is 11.3 Å². The van der Waals surface area contributed by atoms with Crippen LogP contribution in [0.2, 0.25) is 0 Å². The van der Waals surface area contributed by atoms with E-state index in [0.717, 1.165) is 16.8 Å². The standard InChI is InChI=1S/C18H20N2O3/c1-11-7-6-10-15(12(11)2)20-16-9-5-4-8-14(16)18(22)23-13(3)17(19)21/h4-10,13,20H,1-3H3,(H2,19,21)/t13-/m1/s1. The Hall–Kier alpha value is -2.82. The molecule has 3 N–H and O–H groups in total. The first-order valence-electron chi connectivity index (χ1n) is 7.32. The molecule has 0 aromatic heterocycles. The van der Waals surface area contributed by atoms with Crippen molar-refractivity contribution in [2.45, 2.75) is 26.9 Å². The van der Waals surface area contributed by atoms with Crippen molar-refractivity contribution in [1.29, 1.82) is 0 Å². The first-order chi connectivity index (χ1) is 10.9. The molecule has 0 aliphatic heterocycles. The van der Waals surface area contributed by atoms with E-state index >= 15 is 0 Å². The van der Waals surface area contributed by atoms with Gasteiger partial charge in [-0.3, -0.25) is 4.79 Å². The largest absolute Gasteiger partial charge is 0.449 e. The maximum absolute atomic E-state index is 12.3. The number of carbonyl (C=O) groups excluding carboxylic acids is 2. The van der Waals surface area contributed by atoms with Crippen LogP contribution < -0.4 is 11.1 Å². The van der Waals surface area contributed by atoms with E-state index in [-0.39, 0.29) is 0 Å². The normalized spacial score (nSPS) is 11.6. The highest BCUT2D eigenvalue weighted by molar-refractivity contribution is 5.98. The molecule has 0 saturated carbocycles. The maximum Gasteiger partial charge on any atom is 0.341 e. The third kappa shape index (κ3) is 3.88. The van der Waals surface area contributed by atoms with Gasteiger partial charge in [-0.2, -0.15) is 0 Å². The number of hydrogen-bond donors (Lipinski definition) is 2. The van der Waals surface area contributed by atoms with Crippen LogP contribution in [0.4, 0.5) is 11.4 Å². The number of primary amides is 1. The Labute approximate surface area is 135 Å². The van der Waals surface area contributed by atoms with E-state index in [2.05, 4.69) is 5.32 Å². The highest BCUT2D eigenvalue weighted by Crippen LogP contribution is 2.25. The fraction of sp³-hybridized carbons (Fsp3) is 0.222. The van der Waals surface area contributed by atoms with Crippen molar-refractivity contribution in [2.75, 3.05) is 5.32 Å². The molecule has 1 amide bonds. The highest BCUT2D eigenvalue weighted by atomic mass is 16.5. The van der Waals surface area contributed by atoms with Gasteiger partial charge in [0, 0.05) is 5.69 Å². The van der Waals surface area contributed by atoms with Gasteiger partial charge >= 0.3 is 5.97 Å². The quantitative estimate of drug-likeness (QED) is 0.831. The predicted molar refractivity (Wildman–Crippen MR) is 89.7 cm³/mol. The minimum absolute atomic E-state index is 0.349. The topological polar surface area (TPSA) is 81.4 Å². The van der Waals surface area contributed by atoms with Crippen molar-refractivity contribution < 1.29 is 14.3 Å². The molecule has 0 unspecified atom stereocenters. The first kappa shape index (κ1) is 16.5. The average Bonchev–Trinajstić information content (AvgIpc) is 2.52. The molecule has 1 atom stereocenters.